The fourth-order valence-corrected chi connectivity index (χ4v) is 5.16. The minimum atomic E-state index is -3.90. The van der Waals surface area contributed by atoms with Crippen molar-refractivity contribution < 1.29 is 26.5 Å². The molecule has 0 saturated heterocycles. The van der Waals surface area contributed by atoms with Gasteiger partial charge in [-0.3, -0.25) is 4.79 Å². The zero-order chi connectivity index (χ0) is 26.3. The Balaban J connectivity index is 1.59. The summed E-state index contributed by atoms with van der Waals surface area (Å²) in [6, 6.07) is 9.52. The number of aromatic nitrogens is 3. The van der Waals surface area contributed by atoms with Crippen molar-refractivity contribution in [3.05, 3.63) is 94.4 Å². The van der Waals surface area contributed by atoms with Crippen LogP contribution in [0.2, 0.25) is 0 Å². The third-order valence-corrected chi connectivity index (χ3v) is 7.31. The lowest BCUT2D eigenvalue weighted by Crippen LogP contribution is -2.23. The minimum Gasteiger partial charge on any atom is -0.454 e. The lowest BCUT2D eigenvalue weighted by molar-refractivity contribution is 0.394. The Kier molecular flexibility index (Phi) is 6.13. The van der Waals surface area contributed by atoms with E-state index in [1.165, 1.54) is 19.2 Å². The van der Waals surface area contributed by atoms with Crippen LogP contribution in [-0.4, -0.2) is 23.1 Å². The number of halogens is 2. The molecule has 0 bridgehead atoms. The van der Waals surface area contributed by atoms with Crippen LogP contribution in [0.3, 0.4) is 0 Å². The maximum absolute atomic E-state index is 14.4. The number of benzene rings is 2. The van der Waals surface area contributed by atoms with E-state index in [1.807, 2.05) is 0 Å². The van der Waals surface area contributed by atoms with E-state index in [1.54, 1.807) is 42.1 Å². The van der Waals surface area contributed by atoms with E-state index < -0.39 is 21.7 Å². The zero-order valence-electron chi connectivity index (χ0n) is 19.6. The van der Waals surface area contributed by atoms with Crippen molar-refractivity contribution in [2.24, 2.45) is 7.05 Å². The topological polar surface area (TPSA) is 119 Å². The lowest BCUT2D eigenvalue weighted by atomic mass is 10.0. The molecule has 0 fully saturated rings. The quantitative estimate of drug-likeness (QED) is 0.325. The van der Waals surface area contributed by atoms with E-state index in [2.05, 4.69) is 14.9 Å². The van der Waals surface area contributed by atoms with Crippen LogP contribution < -0.4 is 15.0 Å². The van der Waals surface area contributed by atoms with Crippen molar-refractivity contribution in [2.75, 3.05) is 0 Å². The maximum Gasteiger partial charge on any atom is 0.272 e. The lowest BCUT2D eigenvalue weighted by Gasteiger charge is -2.14. The highest BCUT2D eigenvalue weighted by molar-refractivity contribution is 7.89. The van der Waals surface area contributed by atoms with Crippen LogP contribution in [0, 0.1) is 18.6 Å². The third-order valence-electron chi connectivity index (χ3n) is 5.81. The highest BCUT2D eigenvalue weighted by Crippen LogP contribution is 2.38. The number of ether oxygens (including phenoxy) is 1. The molecule has 0 aliphatic rings. The van der Waals surface area contributed by atoms with E-state index in [0.717, 1.165) is 12.3 Å². The van der Waals surface area contributed by atoms with Crippen LogP contribution in [0.1, 0.15) is 11.3 Å². The van der Waals surface area contributed by atoms with Gasteiger partial charge in [0.15, 0.2) is 17.3 Å². The van der Waals surface area contributed by atoms with Gasteiger partial charge in [-0.1, -0.05) is 11.2 Å². The minimum absolute atomic E-state index is 0.0762. The zero-order valence-corrected chi connectivity index (χ0v) is 20.4. The van der Waals surface area contributed by atoms with Gasteiger partial charge in [-0.25, -0.2) is 21.9 Å². The van der Waals surface area contributed by atoms with Crippen molar-refractivity contribution in [3.63, 3.8) is 0 Å². The molecule has 0 amide bonds. The van der Waals surface area contributed by atoms with E-state index in [9.17, 15) is 22.0 Å². The first-order valence-corrected chi connectivity index (χ1v) is 12.5. The summed E-state index contributed by atoms with van der Waals surface area (Å²) >= 11 is 0. The number of aromatic amines is 1. The first-order chi connectivity index (χ1) is 17.6. The van der Waals surface area contributed by atoms with Gasteiger partial charge in [0.25, 0.3) is 5.56 Å². The highest BCUT2D eigenvalue weighted by atomic mass is 32.2. The third kappa shape index (κ3) is 4.63. The predicted octanol–water partition coefficient (Wildman–Crippen LogP) is 4.38. The van der Waals surface area contributed by atoms with Crippen LogP contribution in [-0.2, 0) is 23.6 Å². The monoisotopic (exact) mass is 526 g/mol. The molecule has 9 nitrogen and oxygen atoms in total. The van der Waals surface area contributed by atoms with Crippen LogP contribution in [0.25, 0.3) is 22.0 Å². The average molecular weight is 527 g/mol. The summed E-state index contributed by atoms with van der Waals surface area (Å²) in [6.45, 7) is 1.40. The van der Waals surface area contributed by atoms with Crippen molar-refractivity contribution in [2.45, 2.75) is 18.4 Å². The second-order valence-electron chi connectivity index (χ2n) is 8.30. The number of sulfonamides is 1. The maximum atomic E-state index is 14.4. The number of hydrogen-bond acceptors (Lipinski definition) is 6. The van der Waals surface area contributed by atoms with Crippen molar-refractivity contribution in [3.8, 4) is 22.6 Å². The van der Waals surface area contributed by atoms with Crippen LogP contribution in [0.15, 0.2) is 75.3 Å². The molecule has 0 saturated carbocycles. The molecular formula is C25H20F2N4O5S. The Morgan fingerprint density at radius 1 is 1.11 bits per heavy atom. The number of nitrogens with one attached hydrogen (secondary N) is 2. The fourth-order valence-electron chi connectivity index (χ4n) is 4.05. The fraction of sp³-hybridized carbons (Fsp3) is 0.120. The standard InChI is InChI=1S/C25H20F2N4O5S/c1-14-23(12-29-36-14)37(33,34)30-11-15-3-5-21(35-22-6-4-16(26)10-20(22)27)18(9-15)19-13-31(2)24-17(19)7-8-28-25(24)32/h3-10,12-13,30H,11H2,1-2H3,(H,28,32). The number of H-pyrrole nitrogens is 1. The molecule has 12 heteroatoms. The van der Waals surface area contributed by atoms with Gasteiger partial charge in [-0.05, 0) is 42.8 Å². The number of nitrogens with zero attached hydrogens (tertiary/aromatic N) is 2. The Morgan fingerprint density at radius 3 is 2.62 bits per heavy atom. The van der Waals surface area contributed by atoms with E-state index in [4.69, 9.17) is 9.26 Å². The van der Waals surface area contributed by atoms with E-state index in [-0.39, 0.29) is 34.3 Å². The number of hydrogen-bond donors (Lipinski definition) is 2. The normalized spacial score (nSPS) is 11.8. The molecule has 5 aromatic rings. The van der Waals surface area contributed by atoms with Gasteiger partial charge < -0.3 is 18.8 Å². The number of pyridine rings is 1. The van der Waals surface area contributed by atoms with Crippen molar-refractivity contribution >= 4 is 20.9 Å². The summed E-state index contributed by atoms with van der Waals surface area (Å²) in [7, 11) is -2.19. The molecule has 0 spiro atoms. The van der Waals surface area contributed by atoms with Gasteiger partial charge in [0.05, 0.1) is 6.20 Å². The Hall–Kier alpha value is -4.29. The van der Waals surface area contributed by atoms with Crippen LogP contribution in [0.4, 0.5) is 8.78 Å². The molecule has 2 N–H and O–H groups in total. The summed E-state index contributed by atoms with van der Waals surface area (Å²) < 4.78 is 68.0. The molecule has 0 aliphatic carbocycles. The van der Waals surface area contributed by atoms with E-state index >= 15 is 0 Å². The first-order valence-electron chi connectivity index (χ1n) is 11.0. The van der Waals surface area contributed by atoms with Gasteiger partial charge in [-0.15, -0.1) is 0 Å². The van der Waals surface area contributed by atoms with Gasteiger partial charge in [0, 0.05) is 48.6 Å². The summed E-state index contributed by atoms with van der Waals surface area (Å²) in [5, 5.41) is 4.11. The molecule has 37 heavy (non-hydrogen) atoms. The largest absolute Gasteiger partial charge is 0.454 e. The number of fused-ring (bicyclic) bond motifs is 1. The second-order valence-corrected chi connectivity index (χ2v) is 10.0. The van der Waals surface area contributed by atoms with Gasteiger partial charge in [0.1, 0.15) is 22.0 Å². The SMILES string of the molecule is Cc1oncc1S(=O)(=O)NCc1ccc(Oc2ccc(F)cc2F)c(-c2cn(C)c3c(=O)[nH]ccc23)c1. The first kappa shape index (κ1) is 24.4. The molecule has 3 aromatic heterocycles. The Bertz CT molecular complexity index is 1810. The summed E-state index contributed by atoms with van der Waals surface area (Å²) in [5.41, 5.74) is 1.73. The molecular weight excluding hydrogens is 506 g/mol. The molecule has 2 aromatic carbocycles. The molecule has 3 heterocycles. The highest BCUT2D eigenvalue weighted by Gasteiger charge is 2.21. The van der Waals surface area contributed by atoms with Crippen LogP contribution >= 0.6 is 0 Å². The van der Waals surface area contributed by atoms with Crippen molar-refractivity contribution in [1.82, 2.24) is 19.4 Å². The molecule has 190 valence electrons. The average Bonchev–Trinajstić information content (AvgIpc) is 3.44. The molecule has 0 aliphatic heterocycles. The molecule has 0 radical (unpaired) electrons. The van der Waals surface area contributed by atoms with Crippen LogP contribution in [0.5, 0.6) is 11.5 Å². The smallest absolute Gasteiger partial charge is 0.272 e. The number of aryl methyl sites for hydroxylation is 2. The Morgan fingerprint density at radius 2 is 1.89 bits per heavy atom. The predicted molar refractivity (Wildman–Crippen MR) is 131 cm³/mol. The van der Waals surface area contributed by atoms with Gasteiger partial charge >= 0.3 is 0 Å². The van der Waals surface area contributed by atoms with Gasteiger partial charge in [-0.2, -0.15) is 0 Å². The second kappa shape index (κ2) is 9.30. The van der Waals surface area contributed by atoms with E-state index in [0.29, 0.717) is 33.7 Å². The summed E-state index contributed by atoms with van der Waals surface area (Å²) in [5.74, 6) is -1.46. The number of rotatable bonds is 7. The molecule has 0 atom stereocenters. The Labute approximate surface area is 209 Å². The molecule has 0 unspecified atom stereocenters. The summed E-state index contributed by atoms with van der Waals surface area (Å²) in [4.78, 5) is 15.0. The van der Waals surface area contributed by atoms with Crippen molar-refractivity contribution in [1.29, 1.82) is 0 Å². The molecule has 5 rings (SSSR count). The summed E-state index contributed by atoms with van der Waals surface area (Å²) in [6.07, 6.45) is 4.34. The van der Waals surface area contributed by atoms with Gasteiger partial charge in [0.2, 0.25) is 10.0 Å².